The van der Waals surface area contributed by atoms with Crippen molar-refractivity contribution in [3.05, 3.63) is 43.0 Å². The van der Waals surface area contributed by atoms with Gasteiger partial charge in [-0.05, 0) is 19.1 Å². The first-order valence-electron chi connectivity index (χ1n) is 7.60. The minimum absolute atomic E-state index is 0.202. The van der Waals surface area contributed by atoms with Crippen molar-refractivity contribution in [2.75, 3.05) is 12.1 Å². The number of anilines is 1. The Labute approximate surface area is 144 Å². The highest BCUT2D eigenvalue weighted by atomic mass is 31.2. The molecule has 3 aromatic rings. The predicted molar refractivity (Wildman–Crippen MR) is 94.0 cm³/mol. The Bertz CT molecular complexity index is 901. The number of rotatable bonds is 7. The largest absolute Gasteiger partial charge is 0.431 e. The lowest BCUT2D eigenvalue weighted by Crippen LogP contribution is -2.19. The van der Waals surface area contributed by atoms with E-state index in [-0.39, 0.29) is 12.5 Å². The van der Waals surface area contributed by atoms with Gasteiger partial charge in [0.05, 0.1) is 19.0 Å². The van der Waals surface area contributed by atoms with Crippen LogP contribution in [0.5, 0.6) is 5.75 Å². The van der Waals surface area contributed by atoms with E-state index in [1.807, 2.05) is 13.0 Å². The van der Waals surface area contributed by atoms with E-state index in [4.69, 9.17) is 20.5 Å². The molecule has 0 spiro atoms. The van der Waals surface area contributed by atoms with Gasteiger partial charge in [-0.1, -0.05) is 18.2 Å². The van der Waals surface area contributed by atoms with Gasteiger partial charge in [0.1, 0.15) is 23.9 Å². The molecule has 3 rings (SSSR count). The molecule has 0 aliphatic carbocycles. The van der Waals surface area contributed by atoms with Gasteiger partial charge in [0.25, 0.3) is 0 Å². The smallest absolute Gasteiger partial charge is 0.339 e. The summed E-state index contributed by atoms with van der Waals surface area (Å²) >= 11 is 0. The number of nitrogens with zero attached hydrogens (tertiary/aromatic N) is 4. The third-order valence-corrected chi connectivity index (χ3v) is 4.45. The van der Waals surface area contributed by atoms with Crippen molar-refractivity contribution in [2.24, 2.45) is 5.50 Å². The molecule has 0 radical (unpaired) electrons. The molecule has 9 nitrogen and oxygen atoms in total. The average Bonchev–Trinajstić information content (AvgIpc) is 2.98. The zero-order valence-corrected chi connectivity index (χ0v) is 14.5. The predicted octanol–water partition coefficient (Wildman–Crippen LogP) is 2.00. The summed E-state index contributed by atoms with van der Waals surface area (Å²) in [6.45, 7) is 2.27. The van der Waals surface area contributed by atoms with Crippen molar-refractivity contribution in [3.63, 3.8) is 0 Å². The van der Waals surface area contributed by atoms with Gasteiger partial charge in [0, 0.05) is 0 Å². The average molecular weight is 362 g/mol. The van der Waals surface area contributed by atoms with Crippen LogP contribution in [0, 0.1) is 0 Å². The lowest BCUT2D eigenvalue weighted by molar-refractivity contribution is 0.0830. The van der Waals surface area contributed by atoms with Crippen LogP contribution in [-0.4, -0.2) is 32.0 Å². The Kier molecular flexibility index (Phi) is 4.98. The fraction of sp³-hybridized carbons (Fsp3) is 0.267. The van der Waals surface area contributed by atoms with Gasteiger partial charge in [-0.2, -0.15) is 0 Å². The Morgan fingerprint density at radius 2 is 2.00 bits per heavy atom. The van der Waals surface area contributed by atoms with Gasteiger partial charge in [0.2, 0.25) is 0 Å². The maximum Gasteiger partial charge on any atom is 0.339 e. The molecule has 132 valence electrons. The minimum Gasteiger partial charge on any atom is -0.431 e. The number of aromatic nitrogens is 4. The highest BCUT2D eigenvalue weighted by molar-refractivity contribution is 7.56. The van der Waals surface area contributed by atoms with Gasteiger partial charge in [-0.15, -0.1) is 0 Å². The molecule has 0 bridgehead atoms. The normalized spacial score (nSPS) is 15.0. The number of para-hydroxylation sites is 1. The summed E-state index contributed by atoms with van der Waals surface area (Å²) in [6.07, 6.45) is 2.50. The van der Waals surface area contributed by atoms with E-state index in [2.05, 4.69) is 15.0 Å². The number of fused-ring (bicyclic) bond motifs is 1. The van der Waals surface area contributed by atoms with Crippen molar-refractivity contribution >= 4 is 24.5 Å². The molecule has 2 atom stereocenters. The van der Waals surface area contributed by atoms with E-state index < -0.39 is 7.52 Å². The minimum atomic E-state index is -3.41. The van der Waals surface area contributed by atoms with E-state index in [1.54, 1.807) is 35.2 Å². The molecule has 2 heterocycles. The van der Waals surface area contributed by atoms with Crippen molar-refractivity contribution in [3.8, 4) is 5.75 Å². The zero-order chi connectivity index (χ0) is 17.9. The number of imidazole rings is 1. The third-order valence-electron chi connectivity index (χ3n) is 3.43. The summed E-state index contributed by atoms with van der Waals surface area (Å²) in [4.78, 5) is 12.3. The molecule has 2 aromatic heterocycles. The van der Waals surface area contributed by atoms with Gasteiger partial charge >= 0.3 is 7.52 Å². The van der Waals surface area contributed by atoms with Crippen LogP contribution in [0.25, 0.3) is 11.2 Å². The number of ether oxygens (including phenoxy) is 1. The number of nitrogens with two attached hydrogens (primary N) is 2. The number of hydrogen-bond acceptors (Lipinski definition) is 7. The molecule has 0 amide bonds. The molecule has 1 aromatic carbocycles. The van der Waals surface area contributed by atoms with Crippen LogP contribution in [0.4, 0.5) is 5.82 Å². The van der Waals surface area contributed by atoms with Crippen LogP contribution in [0.2, 0.25) is 0 Å². The van der Waals surface area contributed by atoms with Crippen LogP contribution in [0.1, 0.15) is 6.92 Å². The Balaban J connectivity index is 1.59. The first-order chi connectivity index (χ1) is 11.9. The maximum atomic E-state index is 12.3. The molecular weight excluding hydrogens is 343 g/mol. The molecular formula is C15H19N6O3P. The second-order valence-corrected chi connectivity index (χ2v) is 7.46. The third kappa shape index (κ3) is 4.33. The standard InChI is InChI=1S/C15H19N6O3P/c1-11(7-21-9-20-13-14(16)18-8-19-15(13)21)23-10-25(17,22)24-12-5-3-2-4-6-12/h2-6,8-9,11H,7,10H2,1H3,(H2,17,22)(H2,16,18,19). The van der Waals surface area contributed by atoms with Crippen molar-refractivity contribution in [2.45, 2.75) is 19.6 Å². The Morgan fingerprint density at radius 3 is 2.76 bits per heavy atom. The Morgan fingerprint density at radius 1 is 1.24 bits per heavy atom. The second kappa shape index (κ2) is 7.18. The van der Waals surface area contributed by atoms with Gasteiger partial charge < -0.3 is 19.6 Å². The van der Waals surface area contributed by atoms with Gasteiger partial charge in [-0.3, -0.25) is 4.57 Å². The maximum absolute atomic E-state index is 12.3. The number of benzene rings is 1. The molecule has 0 aliphatic heterocycles. The molecule has 0 saturated heterocycles. The molecule has 4 N–H and O–H groups in total. The summed E-state index contributed by atoms with van der Waals surface area (Å²) in [5.41, 5.74) is 12.6. The van der Waals surface area contributed by atoms with Crippen molar-refractivity contribution < 1.29 is 13.8 Å². The zero-order valence-electron chi connectivity index (χ0n) is 13.6. The summed E-state index contributed by atoms with van der Waals surface area (Å²) in [6, 6.07) is 8.75. The second-order valence-electron chi connectivity index (χ2n) is 5.56. The van der Waals surface area contributed by atoms with Crippen molar-refractivity contribution in [1.82, 2.24) is 19.5 Å². The summed E-state index contributed by atoms with van der Waals surface area (Å²) in [5.74, 6) is 0.761. The highest BCUT2D eigenvalue weighted by Gasteiger charge is 2.21. The molecule has 0 aliphatic rings. The topological polar surface area (TPSA) is 131 Å². The summed E-state index contributed by atoms with van der Waals surface area (Å²) < 4.78 is 25.0. The van der Waals surface area contributed by atoms with Crippen LogP contribution < -0.4 is 15.8 Å². The lowest BCUT2D eigenvalue weighted by atomic mass is 10.3. The monoisotopic (exact) mass is 362 g/mol. The van der Waals surface area contributed by atoms with Crippen molar-refractivity contribution in [1.29, 1.82) is 0 Å². The SMILES string of the molecule is CC(Cn1cnc2c(N)ncnc21)OCP(N)(=O)Oc1ccccc1. The fourth-order valence-corrected chi connectivity index (χ4v) is 3.27. The van der Waals surface area contributed by atoms with Crippen LogP contribution in [-0.2, 0) is 15.8 Å². The lowest BCUT2D eigenvalue weighted by Gasteiger charge is -2.18. The number of hydrogen-bond donors (Lipinski definition) is 2. The first kappa shape index (κ1) is 17.3. The van der Waals surface area contributed by atoms with E-state index in [0.717, 1.165) is 0 Å². The number of nitrogen functional groups attached to an aromatic ring is 1. The quantitative estimate of drug-likeness (QED) is 0.610. The summed E-state index contributed by atoms with van der Waals surface area (Å²) in [5, 5.41) is 0. The molecule has 0 saturated carbocycles. The molecule has 2 unspecified atom stereocenters. The Hall–Kier alpha value is -2.48. The summed E-state index contributed by atoms with van der Waals surface area (Å²) in [7, 11) is -3.41. The molecule has 10 heteroatoms. The van der Waals surface area contributed by atoms with E-state index in [9.17, 15) is 4.57 Å². The van der Waals surface area contributed by atoms with E-state index in [1.165, 1.54) is 6.33 Å². The molecule has 25 heavy (non-hydrogen) atoms. The van der Waals surface area contributed by atoms with Crippen LogP contribution in [0.15, 0.2) is 43.0 Å². The van der Waals surface area contributed by atoms with Gasteiger partial charge in [0.15, 0.2) is 11.5 Å². The highest BCUT2D eigenvalue weighted by Crippen LogP contribution is 2.39. The van der Waals surface area contributed by atoms with E-state index in [0.29, 0.717) is 29.3 Å². The molecule has 0 fully saturated rings. The van der Waals surface area contributed by atoms with Gasteiger partial charge in [-0.25, -0.2) is 20.5 Å². The first-order valence-corrected chi connectivity index (χ1v) is 9.48. The van der Waals surface area contributed by atoms with Crippen LogP contribution >= 0.6 is 7.52 Å². The van der Waals surface area contributed by atoms with E-state index >= 15 is 0 Å². The van der Waals surface area contributed by atoms with Crippen LogP contribution in [0.3, 0.4) is 0 Å². The fourth-order valence-electron chi connectivity index (χ4n) is 2.28.